The van der Waals surface area contributed by atoms with E-state index in [2.05, 4.69) is 59.9 Å². The molecule has 28 heavy (non-hydrogen) atoms. The topological polar surface area (TPSA) is 82.3 Å². The van der Waals surface area contributed by atoms with Gasteiger partial charge in [0.2, 0.25) is 0 Å². The van der Waals surface area contributed by atoms with Crippen LogP contribution in [0.1, 0.15) is 30.3 Å². The van der Waals surface area contributed by atoms with Gasteiger partial charge in [-0.2, -0.15) is 0 Å². The van der Waals surface area contributed by atoms with Gasteiger partial charge in [-0.25, -0.2) is 9.97 Å². The lowest BCUT2D eigenvalue weighted by Crippen LogP contribution is -2.34. The van der Waals surface area contributed by atoms with Crippen molar-refractivity contribution in [1.82, 2.24) is 24.4 Å². The first-order valence-electron chi connectivity index (χ1n) is 9.61. The van der Waals surface area contributed by atoms with Crippen molar-refractivity contribution in [2.45, 2.75) is 25.4 Å². The molecule has 0 atom stereocenters. The molecular weight excluding hydrogens is 352 g/mol. The first-order valence-corrected chi connectivity index (χ1v) is 9.61. The minimum absolute atomic E-state index is 0.311. The van der Waals surface area contributed by atoms with E-state index < -0.39 is 0 Å². The molecule has 4 heterocycles. The lowest BCUT2D eigenvalue weighted by molar-refractivity contribution is 0.181. The molecule has 0 unspecified atom stereocenters. The fourth-order valence-corrected chi connectivity index (χ4v) is 4.30. The first-order chi connectivity index (χ1) is 13.8. The van der Waals surface area contributed by atoms with E-state index in [1.807, 2.05) is 12.3 Å². The van der Waals surface area contributed by atoms with Crippen LogP contribution in [0.15, 0.2) is 53.9 Å². The number of rotatable bonds is 4. The average molecular weight is 374 g/mol. The third-order valence-electron chi connectivity index (χ3n) is 5.61. The summed E-state index contributed by atoms with van der Waals surface area (Å²) in [6.07, 6.45) is 7.16. The van der Waals surface area contributed by atoms with Gasteiger partial charge in [-0.1, -0.05) is 35.5 Å². The second-order valence-electron chi connectivity index (χ2n) is 7.31. The molecule has 2 N–H and O–H groups in total. The highest BCUT2D eigenvalue weighted by Gasteiger charge is 2.25. The summed E-state index contributed by atoms with van der Waals surface area (Å²) in [7, 11) is 0. The zero-order valence-corrected chi connectivity index (χ0v) is 15.5. The number of imidazole rings is 1. The molecule has 142 valence electrons. The quantitative estimate of drug-likeness (QED) is 0.325. The number of pyridine rings is 1. The number of hydrogen-bond acceptors (Lipinski definition) is 5. The molecule has 7 heteroatoms. The van der Waals surface area contributed by atoms with Crippen LogP contribution in [0.2, 0.25) is 0 Å². The standard InChI is InChI=1S/C21H22N6O/c28-24-13-19-25-18-12-23-21-17(6-9-22-21)20(18)27(19)16-7-10-26(11-8-16)14-15-4-2-1-3-5-15/h1-6,9,12-13,16,28H,7-8,10-11,14H2,(H,22,23). The molecule has 0 spiro atoms. The molecular formula is C21H22N6O. The van der Waals surface area contributed by atoms with Crippen LogP contribution >= 0.6 is 0 Å². The maximum absolute atomic E-state index is 9.13. The molecule has 1 aliphatic heterocycles. The van der Waals surface area contributed by atoms with Gasteiger partial charge in [0.1, 0.15) is 17.4 Å². The van der Waals surface area contributed by atoms with Gasteiger partial charge in [0.05, 0.1) is 11.7 Å². The van der Waals surface area contributed by atoms with Gasteiger partial charge in [0.25, 0.3) is 0 Å². The van der Waals surface area contributed by atoms with Gasteiger partial charge < -0.3 is 14.8 Å². The Bertz CT molecular complexity index is 1120. The number of H-pyrrole nitrogens is 1. The van der Waals surface area contributed by atoms with Crippen LogP contribution in [0.25, 0.3) is 22.1 Å². The van der Waals surface area contributed by atoms with Crippen LogP contribution in [0, 0.1) is 0 Å². The first kappa shape index (κ1) is 16.9. The average Bonchev–Trinajstić information content (AvgIpc) is 3.34. The van der Waals surface area contributed by atoms with E-state index in [9.17, 15) is 0 Å². The molecule has 4 aromatic rings. The number of nitrogens with one attached hydrogen (secondary N) is 1. The molecule has 1 fully saturated rings. The van der Waals surface area contributed by atoms with E-state index in [0.717, 1.165) is 54.5 Å². The number of nitrogens with zero attached hydrogens (tertiary/aromatic N) is 5. The van der Waals surface area contributed by atoms with Crippen molar-refractivity contribution in [2.75, 3.05) is 13.1 Å². The Morgan fingerprint density at radius 1 is 1.18 bits per heavy atom. The highest BCUT2D eigenvalue weighted by atomic mass is 16.4. The van der Waals surface area contributed by atoms with E-state index >= 15 is 0 Å². The molecule has 1 aliphatic rings. The van der Waals surface area contributed by atoms with E-state index in [1.165, 1.54) is 11.8 Å². The maximum Gasteiger partial charge on any atom is 0.156 e. The molecule has 5 rings (SSSR count). The molecule has 0 saturated carbocycles. The lowest BCUT2D eigenvalue weighted by atomic mass is 10.0. The van der Waals surface area contributed by atoms with Crippen molar-refractivity contribution in [1.29, 1.82) is 0 Å². The molecule has 3 aromatic heterocycles. The third kappa shape index (κ3) is 2.93. The SMILES string of the molecule is ON=Cc1nc2cnc3[nH]ccc3c2n1C1CCN(Cc2ccccc2)CC1. The molecule has 7 nitrogen and oxygen atoms in total. The second kappa shape index (κ2) is 7.09. The van der Waals surface area contributed by atoms with Crippen LogP contribution in [-0.2, 0) is 6.54 Å². The Labute approximate surface area is 162 Å². The van der Waals surface area contributed by atoms with Crippen LogP contribution in [-0.4, -0.2) is 48.9 Å². The largest absolute Gasteiger partial charge is 0.411 e. The maximum atomic E-state index is 9.13. The van der Waals surface area contributed by atoms with Crippen molar-refractivity contribution < 1.29 is 5.21 Å². The smallest absolute Gasteiger partial charge is 0.156 e. The van der Waals surface area contributed by atoms with Crippen LogP contribution in [0.5, 0.6) is 0 Å². The highest BCUT2D eigenvalue weighted by Crippen LogP contribution is 2.32. The van der Waals surface area contributed by atoms with Gasteiger partial charge in [0.15, 0.2) is 5.82 Å². The molecule has 1 aromatic carbocycles. The van der Waals surface area contributed by atoms with Crippen molar-refractivity contribution in [2.24, 2.45) is 5.16 Å². The van der Waals surface area contributed by atoms with Crippen molar-refractivity contribution in [3.63, 3.8) is 0 Å². The van der Waals surface area contributed by atoms with E-state index in [1.54, 1.807) is 6.20 Å². The highest BCUT2D eigenvalue weighted by molar-refractivity contribution is 6.02. The second-order valence-corrected chi connectivity index (χ2v) is 7.31. The molecule has 0 amide bonds. The molecule has 0 aliphatic carbocycles. The minimum atomic E-state index is 0.311. The summed E-state index contributed by atoms with van der Waals surface area (Å²) >= 11 is 0. The number of hydrogen-bond donors (Lipinski definition) is 2. The van der Waals surface area contributed by atoms with Crippen LogP contribution in [0.4, 0.5) is 0 Å². The summed E-state index contributed by atoms with van der Waals surface area (Å²) in [4.78, 5) is 14.8. The normalized spacial score (nSPS) is 16.6. The van der Waals surface area contributed by atoms with E-state index in [-0.39, 0.29) is 0 Å². The Kier molecular flexibility index (Phi) is 4.29. The Morgan fingerprint density at radius 3 is 2.79 bits per heavy atom. The number of likely N-dealkylation sites (tertiary alicyclic amines) is 1. The summed E-state index contributed by atoms with van der Waals surface area (Å²) in [6, 6.07) is 13.0. The number of benzene rings is 1. The summed E-state index contributed by atoms with van der Waals surface area (Å²) in [5, 5.41) is 13.4. The predicted octanol–water partition coefficient (Wildman–Crippen LogP) is 3.56. The van der Waals surface area contributed by atoms with Gasteiger partial charge in [-0.3, -0.25) is 4.90 Å². The summed E-state index contributed by atoms with van der Waals surface area (Å²) < 4.78 is 2.23. The summed E-state index contributed by atoms with van der Waals surface area (Å²) in [5.74, 6) is 0.675. The fourth-order valence-electron chi connectivity index (χ4n) is 4.30. The number of oxime groups is 1. The molecule has 1 saturated heterocycles. The Hall–Kier alpha value is -3.19. The monoisotopic (exact) mass is 374 g/mol. The number of fused-ring (bicyclic) bond motifs is 3. The van der Waals surface area contributed by atoms with Crippen LogP contribution < -0.4 is 0 Å². The molecule has 0 bridgehead atoms. The summed E-state index contributed by atoms with van der Waals surface area (Å²) in [5.41, 5.74) is 4.08. The fraction of sp³-hybridized carbons (Fsp3) is 0.286. The van der Waals surface area contributed by atoms with Crippen molar-refractivity contribution >= 4 is 28.3 Å². The number of aromatic nitrogens is 4. The Morgan fingerprint density at radius 2 is 2.00 bits per heavy atom. The van der Waals surface area contributed by atoms with Crippen LogP contribution in [0.3, 0.4) is 0 Å². The van der Waals surface area contributed by atoms with Gasteiger partial charge >= 0.3 is 0 Å². The van der Waals surface area contributed by atoms with E-state index in [4.69, 9.17) is 5.21 Å². The Balaban J connectivity index is 1.46. The zero-order valence-electron chi connectivity index (χ0n) is 15.5. The van der Waals surface area contributed by atoms with Gasteiger partial charge in [-0.05, 0) is 24.5 Å². The lowest BCUT2D eigenvalue weighted by Gasteiger charge is -2.33. The number of piperidine rings is 1. The van der Waals surface area contributed by atoms with Crippen molar-refractivity contribution in [3.8, 4) is 0 Å². The summed E-state index contributed by atoms with van der Waals surface area (Å²) in [6.45, 7) is 3.03. The van der Waals surface area contributed by atoms with E-state index in [0.29, 0.717) is 11.9 Å². The molecule has 0 radical (unpaired) electrons. The van der Waals surface area contributed by atoms with Gasteiger partial charge in [0, 0.05) is 37.3 Å². The minimum Gasteiger partial charge on any atom is -0.411 e. The zero-order chi connectivity index (χ0) is 18.9. The number of aromatic amines is 1. The van der Waals surface area contributed by atoms with Gasteiger partial charge in [-0.15, -0.1) is 0 Å². The predicted molar refractivity (Wildman–Crippen MR) is 109 cm³/mol. The van der Waals surface area contributed by atoms with Crippen molar-refractivity contribution in [3.05, 3.63) is 60.2 Å². The third-order valence-corrected chi connectivity index (χ3v) is 5.61.